The van der Waals surface area contributed by atoms with Crippen LogP contribution < -0.4 is 10.6 Å². The number of alkyl halides is 3. The zero-order chi connectivity index (χ0) is 16.2. The van der Waals surface area contributed by atoms with Crippen LogP contribution in [0.2, 0.25) is 0 Å². The Morgan fingerprint density at radius 2 is 2.09 bits per heavy atom. The van der Waals surface area contributed by atoms with Crippen molar-refractivity contribution in [2.45, 2.75) is 35.8 Å². The molecule has 122 valence electrons. The Morgan fingerprint density at radius 3 is 2.64 bits per heavy atom. The Kier molecular flexibility index (Phi) is 6.36. The number of quaternary nitrogens is 1. The molecule has 3 N–H and O–H groups in total. The Hall–Kier alpha value is -0.520. The third-order valence-corrected chi connectivity index (χ3v) is 4.32. The van der Waals surface area contributed by atoms with Crippen LogP contribution in [-0.4, -0.2) is 35.1 Å². The average Bonchev–Trinajstić information content (AvgIpc) is 2.96. The summed E-state index contributed by atoms with van der Waals surface area (Å²) in [6, 6.07) is 7.24. The molecule has 1 aliphatic rings. The predicted octanol–water partition coefficient (Wildman–Crippen LogP) is 2.16. The van der Waals surface area contributed by atoms with Gasteiger partial charge in [0, 0.05) is 12.2 Å². The fourth-order valence-corrected chi connectivity index (χ4v) is 2.75. The fraction of sp³-hybridized carbons (Fsp3) is 0.533. The van der Waals surface area contributed by atoms with Crippen molar-refractivity contribution in [3.63, 3.8) is 0 Å². The third-order valence-electron chi connectivity index (χ3n) is 3.61. The molecule has 1 fully saturated rings. The van der Waals surface area contributed by atoms with Gasteiger partial charge in [-0.05, 0) is 31.9 Å². The van der Waals surface area contributed by atoms with Crippen LogP contribution >= 0.6 is 34.8 Å². The number of nitrogens with one attached hydrogen (secondary N) is 1. The molecule has 0 bridgehead atoms. The van der Waals surface area contributed by atoms with Gasteiger partial charge in [-0.25, -0.2) is 0 Å². The highest BCUT2D eigenvalue weighted by Gasteiger charge is 2.38. The maximum absolute atomic E-state index is 12.3. The van der Waals surface area contributed by atoms with Crippen molar-refractivity contribution in [3.8, 4) is 0 Å². The first-order valence-electron chi connectivity index (χ1n) is 7.25. The molecule has 1 aromatic carbocycles. The van der Waals surface area contributed by atoms with Crippen molar-refractivity contribution in [1.82, 2.24) is 5.32 Å². The molecule has 1 saturated heterocycles. The fourth-order valence-electron chi connectivity index (χ4n) is 2.32. The molecule has 1 heterocycles. The van der Waals surface area contributed by atoms with Gasteiger partial charge < -0.3 is 10.1 Å². The summed E-state index contributed by atoms with van der Waals surface area (Å²) in [6.45, 7) is 3.38. The van der Waals surface area contributed by atoms with Gasteiger partial charge in [0.25, 0.3) is 9.70 Å². The van der Waals surface area contributed by atoms with E-state index < -0.39 is 9.96 Å². The van der Waals surface area contributed by atoms with Gasteiger partial charge in [0.2, 0.25) is 6.17 Å². The van der Waals surface area contributed by atoms with Gasteiger partial charge in [-0.3, -0.25) is 10.1 Å². The monoisotopic (exact) mass is 365 g/mol. The van der Waals surface area contributed by atoms with Crippen molar-refractivity contribution in [3.05, 3.63) is 35.4 Å². The number of hydrogen-bond donors (Lipinski definition) is 2. The van der Waals surface area contributed by atoms with Crippen molar-refractivity contribution in [2.24, 2.45) is 0 Å². The van der Waals surface area contributed by atoms with E-state index in [0.717, 1.165) is 25.0 Å². The number of rotatable bonds is 5. The van der Waals surface area contributed by atoms with Crippen molar-refractivity contribution < 1.29 is 14.8 Å². The topological polar surface area (TPSA) is 54.9 Å². The summed E-state index contributed by atoms with van der Waals surface area (Å²) in [5.41, 5.74) is 1.62. The second-order valence-electron chi connectivity index (χ2n) is 5.47. The Bertz CT molecular complexity index is 497. The molecule has 0 aliphatic carbocycles. The van der Waals surface area contributed by atoms with Gasteiger partial charge >= 0.3 is 0 Å². The normalized spacial score (nSPS) is 19.9. The van der Waals surface area contributed by atoms with E-state index in [1.165, 1.54) is 0 Å². The minimum Gasteiger partial charge on any atom is -0.372 e. The van der Waals surface area contributed by atoms with Crippen LogP contribution in [0.15, 0.2) is 24.3 Å². The van der Waals surface area contributed by atoms with E-state index in [2.05, 4.69) is 5.32 Å². The first-order valence-corrected chi connectivity index (χ1v) is 8.39. The molecular weight excluding hydrogens is 347 g/mol. The lowest BCUT2D eigenvalue weighted by atomic mass is 10.1. The van der Waals surface area contributed by atoms with Gasteiger partial charge in [0.05, 0.1) is 0 Å². The number of ether oxygens (including phenoxy) is 1. The highest BCUT2D eigenvalue weighted by Crippen LogP contribution is 2.27. The first-order chi connectivity index (χ1) is 10.4. The lowest BCUT2D eigenvalue weighted by molar-refractivity contribution is -0.697. The number of benzene rings is 1. The molecule has 1 aliphatic heterocycles. The number of carbonyl (C=O) groups is 1. The predicted molar refractivity (Wildman–Crippen MR) is 88.5 cm³/mol. The summed E-state index contributed by atoms with van der Waals surface area (Å²) in [6.07, 6.45) is 1.52. The maximum Gasteiger partial charge on any atom is 0.262 e. The molecule has 0 radical (unpaired) electrons. The lowest BCUT2D eigenvalue weighted by Crippen LogP contribution is -2.97. The van der Waals surface area contributed by atoms with Crippen LogP contribution in [0.1, 0.15) is 28.8 Å². The molecule has 2 rings (SSSR count). The molecule has 22 heavy (non-hydrogen) atoms. The standard InChI is InChI=1S/C15H19Cl3N2O2/c1-10-4-6-11(7-5-10)13(21)20-14(15(16,17)18)19-9-12-3-2-8-22-12/h4-7,12,14,19H,2-3,8-9H2,1H3,(H,20,21)/p+1/t12-,14+/m1/s1. The second-order valence-corrected chi connectivity index (χ2v) is 7.83. The van der Waals surface area contributed by atoms with E-state index in [4.69, 9.17) is 39.5 Å². The van der Waals surface area contributed by atoms with E-state index in [9.17, 15) is 4.79 Å². The largest absolute Gasteiger partial charge is 0.372 e. The van der Waals surface area contributed by atoms with Crippen LogP contribution in [0.25, 0.3) is 0 Å². The van der Waals surface area contributed by atoms with Gasteiger partial charge in [-0.2, -0.15) is 0 Å². The van der Waals surface area contributed by atoms with Crippen LogP contribution in [0.4, 0.5) is 0 Å². The molecule has 0 aromatic heterocycles. The second kappa shape index (κ2) is 7.84. The number of amides is 1. The van der Waals surface area contributed by atoms with E-state index in [0.29, 0.717) is 12.1 Å². The van der Waals surface area contributed by atoms with Crippen LogP contribution in [0.3, 0.4) is 0 Å². The van der Waals surface area contributed by atoms with E-state index in [1.54, 1.807) is 12.1 Å². The number of carbonyl (C=O) groups excluding carboxylic acids is 1. The summed E-state index contributed by atoms with van der Waals surface area (Å²) < 4.78 is 3.95. The zero-order valence-corrected chi connectivity index (χ0v) is 14.6. The summed E-state index contributed by atoms with van der Waals surface area (Å²) >= 11 is 18.0. The molecule has 1 aromatic rings. The zero-order valence-electron chi connectivity index (χ0n) is 12.3. The SMILES string of the molecule is Cc1ccc(C(=O)N[C@H]([NH2+]C[C@H]2CCCO2)C(Cl)(Cl)Cl)cc1. The first kappa shape index (κ1) is 17.8. The molecule has 0 spiro atoms. The number of nitrogens with two attached hydrogens (primary N) is 1. The smallest absolute Gasteiger partial charge is 0.262 e. The van der Waals surface area contributed by atoms with Crippen molar-refractivity contribution >= 4 is 40.7 Å². The van der Waals surface area contributed by atoms with Crippen molar-refractivity contribution in [2.75, 3.05) is 13.2 Å². The quantitative estimate of drug-likeness (QED) is 0.620. The molecule has 1 amide bonds. The molecular formula is C15H20Cl3N2O2+. The molecule has 2 atom stereocenters. The van der Waals surface area contributed by atoms with Gasteiger partial charge in [0.15, 0.2) is 0 Å². The summed E-state index contributed by atoms with van der Waals surface area (Å²) in [4.78, 5) is 12.3. The van der Waals surface area contributed by atoms with E-state index in [-0.39, 0.29) is 12.0 Å². The minimum atomic E-state index is -1.60. The van der Waals surface area contributed by atoms with E-state index >= 15 is 0 Å². The van der Waals surface area contributed by atoms with Crippen LogP contribution in [-0.2, 0) is 4.74 Å². The number of hydrogen-bond acceptors (Lipinski definition) is 2. The summed E-state index contributed by atoms with van der Waals surface area (Å²) in [7, 11) is 0. The molecule has 4 nitrogen and oxygen atoms in total. The average molecular weight is 367 g/mol. The van der Waals surface area contributed by atoms with Crippen LogP contribution in [0, 0.1) is 6.92 Å². The van der Waals surface area contributed by atoms with Gasteiger partial charge in [-0.1, -0.05) is 52.5 Å². The van der Waals surface area contributed by atoms with E-state index in [1.807, 2.05) is 24.4 Å². The molecule has 0 unspecified atom stereocenters. The Balaban J connectivity index is 1.96. The lowest BCUT2D eigenvalue weighted by Gasteiger charge is -2.24. The Morgan fingerprint density at radius 1 is 1.41 bits per heavy atom. The minimum absolute atomic E-state index is 0.145. The molecule has 7 heteroatoms. The Labute approximate surface area is 145 Å². The van der Waals surface area contributed by atoms with Gasteiger partial charge in [0.1, 0.15) is 12.6 Å². The van der Waals surface area contributed by atoms with Crippen LogP contribution in [0.5, 0.6) is 0 Å². The third kappa shape index (κ3) is 5.28. The number of halogens is 3. The highest BCUT2D eigenvalue weighted by atomic mass is 35.6. The summed E-state index contributed by atoms with van der Waals surface area (Å²) in [5.74, 6) is -0.264. The summed E-state index contributed by atoms with van der Waals surface area (Å²) in [5, 5.41) is 4.59. The van der Waals surface area contributed by atoms with Crippen molar-refractivity contribution in [1.29, 1.82) is 0 Å². The molecule has 0 saturated carbocycles. The van der Waals surface area contributed by atoms with Gasteiger partial charge in [-0.15, -0.1) is 0 Å². The number of aryl methyl sites for hydroxylation is 1. The highest BCUT2D eigenvalue weighted by molar-refractivity contribution is 6.68. The maximum atomic E-state index is 12.3.